The number of hydrogen-bond donors (Lipinski definition) is 3. The average Bonchev–Trinajstić information content (AvgIpc) is 2.38. The van der Waals surface area contributed by atoms with Gasteiger partial charge in [-0.2, -0.15) is 15.0 Å². The minimum atomic E-state index is 0.192. The first-order chi connectivity index (χ1) is 9.17. The van der Waals surface area contributed by atoms with E-state index < -0.39 is 0 Å². The maximum Gasteiger partial charge on any atom is 0.225 e. The summed E-state index contributed by atoms with van der Waals surface area (Å²) in [5, 5.41) is 3.44. The third-order valence-electron chi connectivity index (χ3n) is 3.44. The van der Waals surface area contributed by atoms with Gasteiger partial charge in [-0.05, 0) is 38.4 Å². The molecule has 1 aliphatic heterocycles. The smallest absolute Gasteiger partial charge is 0.225 e. The molecule has 1 fully saturated rings. The van der Waals surface area contributed by atoms with E-state index in [1.54, 1.807) is 0 Å². The SMILES string of the molecule is CCN(Cc1nc(N)nc(N)n1)CC1CCCNC1. The predicted octanol–water partition coefficient (Wildman–Crippen LogP) is -0.142. The lowest BCUT2D eigenvalue weighted by Gasteiger charge is -2.28. The Morgan fingerprint density at radius 1 is 1.26 bits per heavy atom. The monoisotopic (exact) mass is 265 g/mol. The van der Waals surface area contributed by atoms with Crippen LogP contribution in [0.5, 0.6) is 0 Å². The predicted molar refractivity (Wildman–Crippen MR) is 75.2 cm³/mol. The normalized spacial score (nSPS) is 19.8. The van der Waals surface area contributed by atoms with Crippen LogP contribution < -0.4 is 16.8 Å². The summed E-state index contributed by atoms with van der Waals surface area (Å²) >= 11 is 0. The minimum Gasteiger partial charge on any atom is -0.368 e. The van der Waals surface area contributed by atoms with Gasteiger partial charge in [0, 0.05) is 6.54 Å². The number of anilines is 2. The fraction of sp³-hybridized carbons (Fsp3) is 0.750. The Hall–Kier alpha value is -1.47. The highest BCUT2D eigenvalue weighted by Crippen LogP contribution is 2.13. The van der Waals surface area contributed by atoms with Crippen LogP contribution in [0.3, 0.4) is 0 Å². The van der Waals surface area contributed by atoms with Gasteiger partial charge in [0.25, 0.3) is 0 Å². The second kappa shape index (κ2) is 6.63. The molecule has 106 valence electrons. The second-order valence-corrected chi connectivity index (χ2v) is 5.01. The lowest BCUT2D eigenvalue weighted by Crippen LogP contribution is -2.38. The molecule has 1 saturated heterocycles. The number of nitrogens with two attached hydrogens (primary N) is 2. The third kappa shape index (κ3) is 4.29. The van der Waals surface area contributed by atoms with E-state index in [0.29, 0.717) is 18.3 Å². The lowest BCUT2D eigenvalue weighted by atomic mass is 9.99. The van der Waals surface area contributed by atoms with E-state index in [1.807, 2.05) is 0 Å². The quantitative estimate of drug-likeness (QED) is 0.680. The van der Waals surface area contributed by atoms with Crippen molar-refractivity contribution < 1.29 is 0 Å². The highest BCUT2D eigenvalue weighted by molar-refractivity contribution is 5.25. The molecule has 0 saturated carbocycles. The number of rotatable bonds is 5. The van der Waals surface area contributed by atoms with Crippen LogP contribution in [-0.4, -0.2) is 46.0 Å². The van der Waals surface area contributed by atoms with Gasteiger partial charge in [-0.1, -0.05) is 6.92 Å². The molecule has 1 aliphatic rings. The molecular formula is C12H23N7. The second-order valence-electron chi connectivity index (χ2n) is 5.01. The zero-order chi connectivity index (χ0) is 13.7. The number of nitrogen functional groups attached to an aromatic ring is 2. The molecule has 7 heteroatoms. The molecule has 1 aromatic heterocycles. The van der Waals surface area contributed by atoms with Gasteiger partial charge in [0.2, 0.25) is 11.9 Å². The number of nitrogens with one attached hydrogen (secondary N) is 1. The molecular weight excluding hydrogens is 242 g/mol. The first-order valence-corrected chi connectivity index (χ1v) is 6.86. The Morgan fingerprint density at radius 2 is 2.00 bits per heavy atom. The summed E-state index contributed by atoms with van der Waals surface area (Å²) in [6.45, 7) is 7.06. The molecule has 19 heavy (non-hydrogen) atoms. The van der Waals surface area contributed by atoms with Crippen LogP contribution in [0.4, 0.5) is 11.9 Å². The van der Waals surface area contributed by atoms with E-state index >= 15 is 0 Å². The molecule has 0 aliphatic carbocycles. The van der Waals surface area contributed by atoms with Crippen molar-refractivity contribution in [1.82, 2.24) is 25.2 Å². The van der Waals surface area contributed by atoms with Gasteiger partial charge in [-0.3, -0.25) is 4.90 Å². The summed E-state index contributed by atoms with van der Waals surface area (Å²) in [5.41, 5.74) is 11.2. The zero-order valence-corrected chi connectivity index (χ0v) is 11.5. The van der Waals surface area contributed by atoms with Gasteiger partial charge in [-0.25, -0.2) is 0 Å². The summed E-state index contributed by atoms with van der Waals surface area (Å²) < 4.78 is 0. The molecule has 7 nitrogen and oxygen atoms in total. The maximum atomic E-state index is 5.59. The highest BCUT2D eigenvalue weighted by atomic mass is 15.2. The van der Waals surface area contributed by atoms with Crippen LogP contribution in [0.25, 0.3) is 0 Å². The number of piperidine rings is 1. The third-order valence-corrected chi connectivity index (χ3v) is 3.44. The molecule has 5 N–H and O–H groups in total. The standard InChI is InChI=1S/C12H23N7/c1-2-19(7-9-4-3-5-15-6-9)8-10-16-11(13)18-12(14)17-10/h9,15H,2-8H2,1H3,(H4,13,14,16,17,18). The highest BCUT2D eigenvalue weighted by Gasteiger charge is 2.17. The van der Waals surface area contributed by atoms with E-state index in [2.05, 4.69) is 32.1 Å². The fourth-order valence-corrected chi connectivity index (χ4v) is 2.48. The molecule has 1 unspecified atom stereocenters. The number of nitrogens with zero attached hydrogens (tertiary/aromatic N) is 4. The van der Waals surface area contributed by atoms with Crippen LogP contribution >= 0.6 is 0 Å². The van der Waals surface area contributed by atoms with Crippen molar-refractivity contribution in [1.29, 1.82) is 0 Å². The minimum absolute atomic E-state index is 0.192. The Bertz CT molecular complexity index is 383. The number of hydrogen-bond acceptors (Lipinski definition) is 7. The van der Waals surface area contributed by atoms with Crippen LogP contribution in [-0.2, 0) is 6.54 Å². The topological polar surface area (TPSA) is 106 Å². The van der Waals surface area contributed by atoms with Crippen molar-refractivity contribution in [2.75, 3.05) is 37.6 Å². The van der Waals surface area contributed by atoms with Crippen molar-refractivity contribution in [2.24, 2.45) is 5.92 Å². The molecule has 0 amide bonds. The summed E-state index contributed by atoms with van der Waals surface area (Å²) in [5.74, 6) is 1.73. The van der Waals surface area contributed by atoms with Crippen molar-refractivity contribution in [3.8, 4) is 0 Å². The van der Waals surface area contributed by atoms with Gasteiger partial charge in [0.05, 0.1) is 6.54 Å². The van der Waals surface area contributed by atoms with Gasteiger partial charge < -0.3 is 16.8 Å². The van der Waals surface area contributed by atoms with Gasteiger partial charge in [0.15, 0.2) is 0 Å². The van der Waals surface area contributed by atoms with Crippen molar-refractivity contribution in [3.63, 3.8) is 0 Å². The van der Waals surface area contributed by atoms with E-state index in [4.69, 9.17) is 11.5 Å². The summed E-state index contributed by atoms with van der Waals surface area (Å²) in [6, 6.07) is 0. The summed E-state index contributed by atoms with van der Waals surface area (Å²) in [6.07, 6.45) is 2.54. The van der Waals surface area contributed by atoms with Crippen LogP contribution in [0.1, 0.15) is 25.6 Å². The molecule has 0 aromatic carbocycles. The lowest BCUT2D eigenvalue weighted by molar-refractivity contribution is 0.206. The maximum absolute atomic E-state index is 5.59. The van der Waals surface area contributed by atoms with Crippen molar-refractivity contribution in [2.45, 2.75) is 26.3 Å². The first-order valence-electron chi connectivity index (χ1n) is 6.86. The largest absolute Gasteiger partial charge is 0.368 e. The zero-order valence-electron chi connectivity index (χ0n) is 11.5. The summed E-state index contributed by atoms with van der Waals surface area (Å²) in [4.78, 5) is 14.4. The van der Waals surface area contributed by atoms with E-state index in [0.717, 1.165) is 26.2 Å². The molecule has 1 aromatic rings. The van der Waals surface area contributed by atoms with E-state index in [-0.39, 0.29) is 11.9 Å². The molecule has 0 radical (unpaired) electrons. The van der Waals surface area contributed by atoms with Gasteiger partial charge in [-0.15, -0.1) is 0 Å². The van der Waals surface area contributed by atoms with Crippen LogP contribution in [0.2, 0.25) is 0 Å². The van der Waals surface area contributed by atoms with E-state index in [9.17, 15) is 0 Å². The Balaban J connectivity index is 1.93. The first kappa shape index (κ1) is 14.0. The van der Waals surface area contributed by atoms with Crippen LogP contribution in [0, 0.1) is 5.92 Å². The van der Waals surface area contributed by atoms with E-state index in [1.165, 1.54) is 12.8 Å². The van der Waals surface area contributed by atoms with Gasteiger partial charge >= 0.3 is 0 Å². The average molecular weight is 265 g/mol. The Kier molecular flexibility index (Phi) is 4.86. The Morgan fingerprint density at radius 3 is 2.58 bits per heavy atom. The molecule has 2 heterocycles. The Labute approximate surface area is 113 Å². The fourth-order valence-electron chi connectivity index (χ4n) is 2.48. The molecule has 0 spiro atoms. The molecule has 0 bridgehead atoms. The molecule has 1 atom stereocenters. The summed E-state index contributed by atoms with van der Waals surface area (Å²) in [7, 11) is 0. The van der Waals surface area contributed by atoms with Crippen molar-refractivity contribution in [3.05, 3.63) is 5.82 Å². The molecule has 2 rings (SSSR count). The van der Waals surface area contributed by atoms with Crippen molar-refractivity contribution >= 4 is 11.9 Å². The van der Waals surface area contributed by atoms with Crippen LogP contribution in [0.15, 0.2) is 0 Å². The number of aromatic nitrogens is 3. The van der Waals surface area contributed by atoms with Gasteiger partial charge in [0.1, 0.15) is 5.82 Å².